The van der Waals surface area contributed by atoms with E-state index in [1.807, 2.05) is 0 Å². The maximum atomic E-state index is 13.4. The van der Waals surface area contributed by atoms with Crippen LogP contribution in [0.2, 0.25) is 5.02 Å². The van der Waals surface area contributed by atoms with Gasteiger partial charge in [0.25, 0.3) is 17.5 Å². The van der Waals surface area contributed by atoms with Gasteiger partial charge in [-0.3, -0.25) is 24.2 Å². The maximum Gasteiger partial charge on any atom is 0.286 e. The Bertz CT molecular complexity index is 1400. The molecule has 6 rings (SSSR count). The van der Waals surface area contributed by atoms with Crippen molar-refractivity contribution in [1.82, 2.24) is 9.88 Å². The Morgan fingerprint density at radius 3 is 2.45 bits per heavy atom. The van der Waals surface area contributed by atoms with Crippen molar-refractivity contribution in [2.24, 2.45) is 0 Å². The first kappa shape index (κ1) is 18.5. The van der Waals surface area contributed by atoms with Crippen molar-refractivity contribution in [3.8, 4) is 0 Å². The lowest BCUT2D eigenvalue weighted by molar-refractivity contribution is -0.184. The molecule has 4 heterocycles. The van der Waals surface area contributed by atoms with Crippen LogP contribution in [0.5, 0.6) is 0 Å². The lowest BCUT2D eigenvalue weighted by Gasteiger charge is -2.51. The summed E-state index contributed by atoms with van der Waals surface area (Å²) in [6.45, 7) is 0. The zero-order valence-corrected chi connectivity index (χ0v) is 16.6. The number of halogens is 1. The highest BCUT2D eigenvalue weighted by molar-refractivity contribution is 6.31. The first-order valence-corrected chi connectivity index (χ1v) is 9.73. The van der Waals surface area contributed by atoms with E-state index in [1.54, 1.807) is 24.3 Å². The number of para-hydroxylation sites is 1. The number of likely N-dealkylation sites (tertiary alicyclic amines) is 1. The summed E-state index contributed by atoms with van der Waals surface area (Å²) in [6.07, 6.45) is 0. The molecule has 3 atom stereocenters. The van der Waals surface area contributed by atoms with Crippen molar-refractivity contribution >= 4 is 45.8 Å². The highest BCUT2D eigenvalue weighted by atomic mass is 35.5. The van der Waals surface area contributed by atoms with E-state index in [1.165, 1.54) is 18.2 Å². The molecule has 0 bridgehead atoms. The number of hydrogen-bond acceptors (Lipinski definition) is 7. The Kier molecular flexibility index (Phi) is 3.07. The van der Waals surface area contributed by atoms with Crippen LogP contribution in [0.1, 0.15) is 21.6 Å². The lowest BCUT2D eigenvalue weighted by Crippen LogP contribution is -2.74. The average molecular weight is 440 g/mol. The van der Waals surface area contributed by atoms with Gasteiger partial charge in [0.15, 0.2) is 0 Å². The summed E-state index contributed by atoms with van der Waals surface area (Å²) < 4.78 is 0. The van der Waals surface area contributed by atoms with Gasteiger partial charge in [0.2, 0.25) is 17.1 Å². The fraction of sp³-hybridized carbons (Fsp3) is 0.190. The number of rotatable bonds is 0. The minimum absolute atomic E-state index is 0.00899. The van der Waals surface area contributed by atoms with Crippen LogP contribution in [0.15, 0.2) is 42.5 Å². The molecule has 2 aromatic carbocycles. The van der Waals surface area contributed by atoms with Crippen molar-refractivity contribution in [1.29, 1.82) is 0 Å². The Morgan fingerprint density at radius 2 is 1.71 bits per heavy atom. The number of carbonyl (C=O) groups excluding carboxylic acids is 3. The minimum Gasteiger partial charge on any atom is -0.371 e. The molecule has 1 saturated heterocycles. The zero-order valence-electron chi connectivity index (χ0n) is 15.9. The second kappa shape index (κ2) is 5.14. The number of benzene rings is 2. The molecule has 31 heavy (non-hydrogen) atoms. The van der Waals surface area contributed by atoms with Gasteiger partial charge in [-0.05, 0) is 30.3 Å². The highest BCUT2D eigenvalue weighted by Crippen LogP contribution is 2.60. The van der Waals surface area contributed by atoms with Crippen molar-refractivity contribution < 1.29 is 29.7 Å². The molecule has 3 aliphatic rings. The van der Waals surface area contributed by atoms with Crippen LogP contribution in [0.3, 0.4) is 0 Å². The summed E-state index contributed by atoms with van der Waals surface area (Å²) in [4.78, 5) is 44.1. The first-order chi connectivity index (χ1) is 14.6. The third-order valence-electron chi connectivity index (χ3n) is 6.55. The van der Waals surface area contributed by atoms with E-state index in [4.69, 9.17) is 11.6 Å². The predicted molar refractivity (Wildman–Crippen MR) is 107 cm³/mol. The largest absolute Gasteiger partial charge is 0.371 e. The number of aromatic nitrogens is 1. The summed E-state index contributed by atoms with van der Waals surface area (Å²) >= 11 is 6.12. The van der Waals surface area contributed by atoms with E-state index in [0.717, 1.165) is 11.9 Å². The standard InChI is InChI=1S/C21H14ClN3O6/c1-24-17(27)19(29)14-11-8-9(22)6-7-12(11)23-15(14)20(30)16(26)10-4-2-3-5-13(10)25(20)21(19,31)18(24)28/h2-8,23,29-31H,1H3. The molecule has 156 valence electrons. The zero-order chi connectivity index (χ0) is 22.1. The monoisotopic (exact) mass is 439 g/mol. The van der Waals surface area contributed by atoms with Gasteiger partial charge in [-0.1, -0.05) is 23.7 Å². The number of imide groups is 1. The molecule has 2 amide bonds. The highest BCUT2D eigenvalue weighted by Gasteiger charge is 2.81. The third-order valence-corrected chi connectivity index (χ3v) is 6.78. The first-order valence-electron chi connectivity index (χ1n) is 9.35. The van der Waals surface area contributed by atoms with Crippen molar-refractivity contribution in [3.63, 3.8) is 0 Å². The van der Waals surface area contributed by atoms with Crippen LogP contribution < -0.4 is 4.90 Å². The van der Waals surface area contributed by atoms with Crippen molar-refractivity contribution in [2.75, 3.05) is 11.9 Å². The molecule has 10 heteroatoms. The third kappa shape index (κ3) is 1.65. The van der Waals surface area contributed by atoms with Gasteiger partial charge in [-0.15, -0.1) is 0 Å². The van der Waals surface area contributed by atoms with Crippen LogP contribution in [0.25, 0.3) is 10.9 Å². The molecule has 3 aliphatic heterocycles. The molecule has 1 fully saturated rings. The number of aromatic amines is 1. The van der Waals surface area contributed by atoms with Crippen LogP contribution in [0, 0.1) is 0 Å². The van der Waals surface area contributed by atoms with Gasteiger partial charge in [0.05, 0.1) is 11.4 Å². The van der Waals surface area contributed by atoms with Gasteiger partial charge < -0.3 is 20.3 Å². The summed E-state index contributed by atoms with van der Waals surface area (Å²) in [5.41, 5.74) is -8.48. The molecular weight excluding hydrogens is 426 g/mol. The Labute approximate surface area is 179 Å². The van der Waals surface area contributed by atoms with Crippen LogP contribution in [-0.4, -0.2) is 55.6 Å². The summed E-state index contributed by atoms with van der Waals surface area (Å²) in [7, 11) is 1.11. The number of Topliss-reactive ketones (excluding diaryl/α,β-unsaturated/α-hetero) is 1. The van der Waals surface area contributed by atoms with E-state index in [-0.39, 0.29) is 32.9 Å². The van der Waals surface area contributed by atoms with Gasteiger partial charge in [0.1, 0.15) is 0 Å². The Hall–Kier alpha value is -3.24. The SMILES string of the molecule is CN1C(=O)C2(O)c3c([nH]c4ccc(Cl)cc34)C3(O)C(=O)c4ccccc4N3C2(O)C1=O. The van der Waals surface area contributed by atoms with Crippen LogP contribution in [0.4, 0.5) is 5.69 Å². The van der Waals surface area contributed by atoms with Crippen LogP contribution >= 0.6 is 11.6 Å². The molecular formula is C21H14ClN3O6. The molecule has 0 radical (unpaired) electrons. The molecule has 1 aromatic heterocycles. The number of nitrogens with zero attached hydrogens (tertiary/aromatic N) is 2. The van der Waals surface area contributed by atoms with E-state index in [2.05, 4.69) is 4.98 Å². The number of nitrogens with one attached hydrogen (secondary N) is 1. The summed E-state index contributed by atoms with van der Waals surface area (Å²) in [5, 5.41) is 35.8. The van der Waals surface area contributed by atoms with Gasteiger partial charge in [0, 0.05) is 34.1 Å². The number of ketones is 1. The normalized spacial score (nSPS) is 31.2. The smallest absolute Gasteiger partial charge is 0.286 e. The predicted octanol–water partition coefficient (Wildman–Crippen LogP) is 0.558. The number of aliphatic hydroxyl groups is 3. The van der Waals surface area contributed by atoms with Gasteiger partial charge in [-0.2, -0.15) is 0 Å². The Morgan fingerprint density at radius 1 is 1.00 bits per heavy atom. The average Bonchev–Trinajstić information content (AvgIpc) is 3.29. The lowest BCUT2D eigenvalue weighted by atomic mass is 9.75. The second-order valence-corrected chi connectivity index (χ2v) is 8.41. The number of fused-ring (bicyclic) bond motifs is 10. The van der Waals surface area contributed by atoms with E-state index < -0.39 is 34.6 Å². The van der Waals surface area contributed by atoms with Crippen LogP contribution in [-0.2, 0) is 20.9 Å². The molecule has 3 unspecified atom stereocenters. The fourth-order valence-electron chi connectivity index (χ4n) is 5.17. The number of hydrogen-bond donors (Lipinski definition) is 4. The van der Waals surface area contributed by atoms with E-state index >= 15 is 0 Å². The van der Waals surface area contributed by atoms with Crippen molar-refractivity contribution in [2.45, 2.75) is 17.1 Å². The quantitative estimate of drug-likeness (QED) is 0.376. The van der Waals surface area contributed by atoms with E-state index in [9.17, 15) is 29.7 Å². The molecule has 0 spiro atoms. The molecule has 0 saturated carbocycles. The number of H-pyrrole nitrogens is 1. The van der Waals surface area contributed by atoms with E-state index in [0.29, 0.717) is 10.4 Å². The fourth-order valence-corrected chi connectivity index (χ4v) is 5.34. The number of amides is 2. The second-order valence-electron chi connectivity index (χ2n) is 7.97. The number of anilines is 1. The summed E-state index contributed by atoms with van der Waals surface area (Å²) in [6, 6.07) is 10.5. The maximum absolute atomic E-state index is 13.4. The Balaban J connectivity index is 1.86. The minimum atomic E-state index is -2.99. The van der Waals surface area contributed by atoms with Gasteiger partial charge >= 0.3 is 0 Å². The van der Waals surface area contributed by atoms with Crippen molar-refractivity contribution in [3.05, 3.63) is 64.3 Å². The molecule has 4 N–H and O–H groups in total. The molecule has 3 aromatic rings. The molecule has 0 aliphatic carbocycles. The molecule has 9 nitrogen and oxygen atoms in total. The number of carbonyl (C=O) groups is 3. The summed E-state index contributed by atoms with van der Waals surface area (Å²) in [5.74, 6) is -3.08. The number of likely N-dealkylation sites (N-methyl/N-ethyl adjacent to an activating group) is 1. The topological polar surface area (TPSA) is 134 Å². The van der Waals surface area contributed by atoms with Gasteiger partial charge in [-0.25, -0.2) is 0 Å².